The molecule has 0 aromatic carbocycles. The lowest BCUT2D eigenvalue weighted by molar-refractivity contribution is -0.140. The molecule has 8 nitrogen and oxygen atoms in total. The summed E-state index contributed by atoms with van der Waals surface area (Å²) in [4.78, 5) is 11.0. The van der Waals surface area contributed by atoms with Gasteiger partial charge in [-0.2, -0.15) is 17.8 Å². The van der Waals surface area contributed by atoms with Gasteiger partial charge in [-0.1, -0.05) is 0 Å². The number of nitrogens with one attached hydrogen (secondary N) is 2. The van der Waals surface area contributed by atoms with Gasteiger partial charge in [0.25, 0.3) is 0 Å². The molecule has 2 N–H and O–H groups in total. The highest BCUT2D eigenvalue weighted by molar-refractivity contribution is 7.90. The van der Waals surface area contributed by atoms with E-state index in [2.05, 4.69) is 19.7 Å². The normalized spacial score (nSPS) is 11.6. The van der Waals surface area contributed by atoms with E-state index in [4.69, 9.17) is 0 Å². The first-order valence-corrected chi connectivity index (χ1v) is 7.04. The zero-order valence-corrected chi connectivity index (χ0v) is 12.2. The van der Waals surface area contributed by atoms with Gasteiger partial charge in [0, 0.05) is 13.6 Å². The molecule has 108 valence electrons. The maximum absolute atomic E-state index is 12.0. The van der Waals surface area contributed by atoms with Crippen LogP contribution in [0.3, 0.4) is 0 Å². The van der Waals surface area contributed by atoms with Crippen LogP contribution >= 0.6 is 0 Å². The van der Waals surface area contributed by atoms with E-state index in [1.807, 2.05) is 0 Å². The summed E-state index contributed by atoms with van der Waals surface area (Å²) < 4.78 is 32.0. The Morgan fingerprint density at radius 1 is 1.47 bits per heavy atom. The molecule has 0 aliphatic carbocycles. The fourth-order valence-corrected chi connectivity index (χ4v) is 2.43. The van der Waals surface area contributed by atoms with E-state index >= 15 is 0 Å². The van der Waals surface area contributed by atoms with Crippen molar-refractivity contribution in [1.82, 2.24) is 14.5 Å². The Morgan fingerprint density at radius 3 is 2.58 bits per heavy atom. The quantitative estimate of drug-likeness (QED) is 0.727. The minimum Gasteiger partial charge on any atom is -0.469 e. The Balaban J connectivity index is 2.73. The lowest BCUT2D eigenvalue weighted by Gasteiger charge is -2.17. The van der Waals surface area contributed by atoms with Gasteiger partial charge in [-0.25, -0.2) is 0 Å². The second-order valence-electron chi connectivity index (χ2n) is 4.06. The van der Waals surface area contributed by atoms with Crippen LogP contribution in [-0.2, 0) is 19.7 Å². The van der Waals surface area contributed by atoms with Crippen LogP contribution < -0.4 is 4.72 Å². The standard InChI is InChI=1S/C10H18N4O4S/c1-7-10(8(2)12-11-7)13-19(16,17)14(3)6-5-9(15)18-4/h13H,5-6H2,1-4H3,(H,11,12). The average molecular weight is 290 g/mol. The molecule has 0 fully saturated rings. The van der Waals surface area contributed by atoms with Gasteiger partial charge in [0.1, 0.15) is 0 Å². The first-order valence-electron chi connectivity index (χ1n) is 5.60. The van der Waals surface area contributed by atoms with E-state index in [9.17, 15) is 13.2 Å². The second-order valence-corrected chi connectivity index (χ2v) is 5.84. The molecule has 0 spiro atoms. The number of hydrogen-bond donors (Lipinski definition) is 2. The third-order valence-corrected chi connectivity index (χ3v) is 4.09. The molecule has 0 aliphatic heterocycles. The maximum Gasteiger partial charge on any atom is 0.306 e. The second kappa shape index (κ2) is 6.02. The van der Waals surface area contributed by atoms with Crippen LogP contribution in [0, 0.1) is 13.8 Å². The van der Waals surface area contributed by atoms with Crippen molar-refractivity contribution in [2.24, 2.45) is 0 Å². The molecule has 9 heteroatoms. The number of methoxy groups -OCH3 is 1. The molecule has 0 unspecified atom stereocenters. The van der Waals surface area contributed by atoms with Crippen LogP contribution in [-0.4, -0.2) is 49.6 Å². The molecular formula is C10H18N4O4S. The van der Waals surface area contributed by atoms with Gasteiger partial charge in [0.05, 0.1) is 30.6 Å². The number of esters is 1. The number of anilines is 1. The number of aryl methyl sites for hydroxylation is 2. The van der Waals surface area contributed by atoms with Crippen LogP contribution in [0.4, 0.5) is 5.69 Å². The molecule has 1 heterocycles. The Hall–Kier alpha value is -1.61. The molecule has 0 amide bonds. The maximum atomic E-state index is 12.0. The monoisotopic (exact) mass is 290 g/mol. The van der Waals surface area contributed by atoms with Crippen LogP contribution in [0.2, 0.25) is 0 Å². The predicted octanol–water partition coefficient (Wildman–Crippen LogP) is 0.178. The van der Waals surface area contributed by atoms with Crippen LogP contribution in [0.15, 0.2) is 0 Å². The molecular weight excluding hydrogens is 272 g/mol. The number of H-pyrrole nitrogens is 1. The number of aromatic nitrogens is 2. The predicted molar refractivity (Wildman–Crippen MR) is 69.9 cm³/mol. The van der Waals surface area contributed by atoms with Crippen molar-refractivity contribution in [1.29, 1.82) is 0 Å². The molecule has 1 aromatic rings. The largest absolute Gasteiger partial charge is 0.469 e. The molecule has 0 saturated heterocycles. The van der Waals surface area contributed by atoms with Gasteiger partial charge < -0.3 is 4.74 Å². The minimum atomic E-state index is -3.72. The number of hydrogen-bond acceptors (Lipinski definition) is 5. The van der Waals surface area contributed by atoms with Gasteiger partial charge >= 0.3 is 16.2 Å². The van der Waals surface area contributed by atoms with E-state index in [0.717, 1.165) is 4.31 Å². The van der Waals surface area contributed by atoms with Gasteiger partial charge in [0.2, 0.25) is 0 Å². The lowest BCUT2D eigenvalue weighted by atomic mass is 10.3. The molecule has 1 rings (SSSR count). The number of rotatable bonds is 6. The SMILES string of the molecule is COC(=O)CCN(C)S(=O)(=O)Nc1c(C)n[nH]c1C. The zero-order valence-electron chi connectivity index (χ0n) is 11.3. The lowest BCUT2D eigenvalue weighted by Crippen LogP contribution is -2.34. The number of nitrogens with zero attached hydrogens (tertiary/aromatic N) is 2. The summed E-state index contributed by atoms with van der Waals surface area (Å²) in [5.41, 5.74) is 1.61. The van der Waals surface area contributed by atoms with E-state index in [0.29, 0.717) is 17.1 Å². The topological polar surface area (TPSA) is 104 Å². The summed E-state index contributed by atoms with van der Waals surface area (Å²) in [5, 5.41) is 6.59. The van der Waals surface area contributed by atoms with Crippen molar-refractivity contribution in [2.75, 3.05) is 25.4 Å². The molecule has 0 aliphatic rings. The number of ether oxygens (including phenoxy) is 1. The highest BCUT2D eigenvalue weighted by Gasteiger charge is 2.21. The van der Waals surface area contributed by atoms with Crippen LogP contribution in [0.25, 0.3) is 0 Å². The van der Waals surface area contributed by atoms with Gasteiger partial charge in [-0.15, -0.1) is 0 Å². The van der Waals surface area contributed by atoms with E-state index in [-0.39, 0.29) is 13.0 Å². The summed E-state index contributed by atoms with van der Waals surface area (Å²) >= 11 is 0. The number of carbonyl (C=O) groups excluding carboxylic acids is 1. The molecule has 1 aromatic heterocycles. The number of carbonyl (C=O) groups is 1. The van der Waals surface area contributed by atoms with Crippen molar-refractivity contribution >= 4 is 21.9 Å². The highest BCUT2D eigenvalue weighted by Crippen LogP contribution is 2.18. The average Bonchev–Trinajstić information content (AvgIpc) is 2.66. The van der Waals surface area contributed by atoms with E-state index < -0.39 is 16.2 Å². The third-order valence-electron chi connectivity index (χ3n) is 2.63. The fraction of sp³-hybridized carbons (Fsp3) is 0.600. The van der Waals surface area contributed by atoms with Crippen molar-refractivity contribution in [3.63, 3.8) is 0 Å². The van der Waals surface area contributed by atoms with Crippen LogP contribution in [0.5, 0.6) is 0 Å². The van der Waals surface area contributed by atoms with Gasteiger partial charge in [-0.3, -0.25) is 14.6 Å². The fourth-order valence-electron chi connectivity index (χ4n) is 1.38. The summed E-state index contributed by atoms with van der Waals surface area (Å²) in [6, 6.07) is 0. The first kappa shape index (κ1) is 15.4. The molecule has 0 bridgehead atoms. The van der Waals surface area contributed by atoms with Crippen molar-refractivity contribution in [2.45, 2.75) is 20.3 Å². The van der Waals surface area contributed by atoms with Gasteiger partial charge in [-0.05, 0) is 13.8 Å². The minimum absolute atomic E-state index is 0.00272. The summed E-state index contributed by atoms with van der Waals surface area (Å²) in [6.07, 6.45) is -0.00272. The first-order chi connectivity index (χ1) is 8.77. The van der Waals surface area contributed by atoms with E-state index in [1.54, 1.807) is 13.8 Å². The summed E-state index contributed by atoms with van der Waals surface area (Å²) in [5.74, 6) is -0.460. The zero-order chi connectivity index (χ0) is 14.6. The van der Waals surface area contributed by atoms with Crippen LogP contribution in [0.1, 0.15) is 17.8 Å². The summed E-state index contributed by atoms with van der Waals surface area (Å²) in [6.45, 7) is 3.44. The van der Waals surface area contributed by atoms with Crippen molar-refractivity contribution in [3.8, 4) is 0 Å². The van der Waals surface area contributed by atoms with Gasteiger partial charge in [0.15, 0.2) is 0 Å². The smallest absolute Gasteiger partial charge is 0.306 e. The Bertz CT molecular complexity index is 532. The third kappa shape index (κ3) is 3.93. The van der Waals surface area contributed by atoms with Crippen molar-refractivity contribution < 1.29 is 17.9 Å². The Kier molecular flexibility index (Phi) is 4.90. The Labute approximate surface area is 112 Å². The molecule has 19 heavy (non-hydrogen) atoms. The molecule has 0 radical (unpaired) electrons. The van der Waals surface area contributed by atoms with Crippen molar-refractivity contribution in [3.05, 3.63) is 11.4 Å². The molecule has 0 saturated carbocycles. The number of aromatic amines is 1. The highest BCUT2D eigenvalue weighted by atomic mass is 32.2. The summed E-state index contributed by atoms with van der Waals surface area (Å²) in [7, 11) is -1.07. The Morgan fingerprint density at radius 2 is 2.11 bits per heavy atom. The van der Waals surface area contributed by atoms with E-state index in [1.165, 1.54) is 14.2 Å². The molecule has 0 atom stereocenters.